The largest absolute Gasteiger partial charge is 0.351 e. The van der Waals surface area contributed by atoms with Gasteiger partial charge in [0, 0.05) is 18.3 Å². The molecule has 0 amide bonds. The fraction of sp³-hybridized carbons (Fsp3) is 0.250. The molecule has 26 heavy (non-hydrogen) atoms. The molecule has 1 N–H and O–H groups in total. The van der Waals surface area contributed by atoms with Crippen LogP contribution in [0, 0.1) is 13.8 Å². The van der Waals surface area contributed by atoms with E-state index in [0.717, 1.165) is 53.5 Å². The highest BCUT2D eigenvalue weighted by molar-refractivity contribution is 5.74. The lowest BCUT2D eigenvalue weighted by molar-refractivity contribution is 0.589. The Kier molecular flexibility index (Phi) is 3.31. The van der Waals surface area contributed by atoms with Gasteiger partial charge in [-0.2, -0.15) is 10.2 Å². The maximum atomic E-state index is 5.01. The molecule has 0 bridgehead atoms. The third-order valence-electron chi connectivity index (χ3n) is 5.01. The number of aryl methyl sites for hydroxylation is 3. The van der Waals surface area contributed by atoms with Crippen molar-refractivity contribution >= 4 is 0 Å². The second-order valence-electron chi connectivity index (χ2n) is 6.83. The fourth-order valence-corrected chi connectivity index (χ4v) is 3.83. The number of hydrogen-bond donors (Lipinski definition) is 1. The van der Waals surface area contributed by atoms with E-state index in [1.54, 1.807) is 6.33 Å². The number of imidazole rings is 1. The van der Waals surface area contributed by atoms with Gasteiger partial charge in [-0.15, -0.1) is 0 Å². The summed E-state index contributed by atoms with van der Waals surface area (Å²) in [6.07, 6.45) is 5.63. The highest BCUT2D eigenvalue weighted by atomic mass is 15.3. The van der Waals surface area contributed by atoms with Gasteiger partial charge in [-0.1, -0.05) is 18.2 Å². The van der Waals surface area contributed by atoms with Crippen LogP contribution in [0.1, 0.15) is 23.2 Å². The van der Waals surface area contributed by atoms with Gasteiger partial charge < -0.3 is 4.98 Å². The Morgan fingerprint density at radius 3 is 2.81 bits per heavy atom. The smallest absolute Gasteiger partial charge is 0.117 e. The third kappa shape index (κ3) is 2.22. The molecule has 0 fully saturated rings. The van der Waals surface area contributed by atoms with Crippen molar-refractivity contribution in [2.75, 3.05) is 0 Å². The van der Waals surface area contributed by atoms with Crippen molar-refractivity contribution < 1.29 is 0 Å². The van der Waals surface area contributed by atoms with Gasteiger partial charge in [0.1, 0.15) is 11.4 Å². The van der Waals surface area contributed by atoms with E-state index in [2.05, 4.69) is 56.6 Å². The number of nitrogens with one attached hydrogen (secondary N) is 1. The van der Waals surface area contributed by atoms with Crippen molar-refractivity contribution in [3.63, 3.8) is 0 Å². The van der Waals surface area contributed by atoms with E-state index >= 15 is 0 Å². The zero-order valence-electron chi connectivity index (χ0n) is 14.9. The SMILES string of the molecule is Cc1cc2n(n1)CCCc1c(-c3c[nH]cn3)nn(-c3ccccc3C)c1-2. The van der Waals surface area contributed by atoms with Crippen molar-refractivity contribution in [3.8, 4) is 28.5 Å². The van der Waals surface area contributed by atoms with E-state index in [-0.39, 0.29) is 0 Å². The minimum absolute atomic E-state index is 0.887. The second kappa shape index (κ2) is 5.69. The molecule has 3 aromatic heterocycles. The van der Waals surface area contributed by atoms with Gasteiger partial charge in [0.05, 0.1) is 29.1 Å². The number of rotatable bonds is 2. The molecule has 0 radical (unpaired) electrons. The van der Waals surface area contributed by atoms with Crippen LogP contribution in [0.25, 0.3) is 28.5 Å². The molecule has 0 saturated carbocycles. The molecule has 1 aromatic carbocycles. The van der Waals surface area contributed by atoms with Crippen molar-refractivity contribution in [1.82, 2.24) is 29.5 Å². The van der Waals surface area contributed by atoms with Crippen LogP contribution in [0.4, 0.5) is 0 Å². The number of fused-ring (bicyclic) bond motifs is 3. The second-order valence-corrected chi connectivity index (χ2v) is 6.83. The summed E-state index contributed by atoms with van der Waals surface area (Å²) in [5, 5.41) is 9.70. The Hall–Kier alpha value is -3.15. The van der Waals surface area contributed by atoms with E-state index in [9.17, 15) is 0 Å². The van der Waals surface area contributed by atoms with Crippen LogP contribution in [0.3, 0.4) is 0 Å². The van der Waals surface area contributed by atoms with Crippen molar-refractivity contribution in [1.29, 1.82) is 0 Å². The molecule has 1 aliphatic rings. The van der Waals surface area contributed by atoms with Crippen LogP contribution in [0.5, 0.6) is 0 Å². The first kappa shape index (κ1) is 15.1. The average Bonchev–Trinajstić information content (AvgIpc) is 3.32. The summed E-state index contributed by atoms with van der Waals surface area (Å²) in [7, 11) is 0. The van der Waals surface area contributed by atoms with Crippen LogP contribution >= 0.6 is 0 Å². The van der Waals surface area contributed by atoms with E-state index in [4.69, 9.17) is 10.2 Å². The van der Waals surface area contributed by atoms with E-state index in [1.807, 2.05) is 13.1 Å². The normalized spacial score (nSPS) is 13.3. The zero-order chi connectivity index (χ0) is 17.7. The number of benzene rings is 1. The summed E-state index contributed by atoms with van der Waals surface area (Å²) in [6, 6.07) is 10.5. The first-order valence-corrected chi connectivity index (χ1v) is 8.94. The molecule has 5 rings (SSSR count). The molecule has 0 saturated heterocycles. The predicted octanol–water partition coefficient (Wildman–Crippen LogP) is 3.69. The van der Waals surface area contributed by atoms with Gasteiger partial charge >= 0.3 is 0 Å². The van der Waals surface area contributed by atoms with E-state index < -0.39 is 0 Å². The molecular formula is C20H20N6. The molecule has 130 valence electrons. The van der Waals surface area contributed by atoms with E-state index in [1.165, 1.54) is 11.1 Å². The van der Waals surface area contributed by atoms with Gasteiger partial charge in [0.2, 0.25) is 0 Å². The number of H-pyrrole nitrogens is 1. The summed E-state index contributed by atoms with van der Waals surface area (Å²) < 4.78 is 4.19. The van der Waals surface area contributed by atoms with Crippen LogP contribution in [0.15, 0.2) is 42.9 Å². The molecule has 0 aliphatic carbocycles. The Bertz CT molecular complexity index is 1080. The lowest BCUT2D eigenvalue weighted by atomic mass is 10.0. The minimum atomic E-state index is 0.887. The Labute approximate surface area is 151 Å². The van der Waals surface area contributed by atoms with E-state index in [0.29, 0.717) is 0 Å². The van der Waals surface area contributed by atoms with Crippen LogP contribution in [0.2, 0.25) is 0 Å². The van der Waals surface area contributed by atoms with Gasteiger partial charge in [0.25, 0.3) is 0 Å². The van der Waals surface area contributed by atoms with Gasteiger partial charge in [-0.3, -0.25) is 4.68 Å². The molecule has 6 heteroatoms. The third-order valence-corrected chi connectivity index (χ3v) is 5.01. The van der Waals surface area contributed by atoms with Crippen LogP contribution < -0.4 is 0 Å². The average molecular weight is 344 g/mol. The van der Waals surface area contributed by atoms with Gasteiger partial charge in [-0.25, -0.2) is 9.67 Å². The monoisotopic (exact) mass is 344 g/mol. The lowest BCUT2D eigenvalue weighted by Gasteiger charge is -2.11. The summed E-state index contributed by atoms with van der Waals surface area (Å²) >= 11 is 0. The summed E-state index contributed by atoms with van der Waals surface area (Å²) in [6.45, 7) is 5.09. The molecule has 4 heterocycles. The number of aromatic nitrogens is 6. The number of nitrogens with zero attached hydrogens (tertiary/aromatic N) is 5. The number of hydrogen-bond acceptors (Lipinski definition) is 3. The van der Waals surface area contributed by atoms with Gasteiger partial charge in [-0.05, 0) is 44.4 Å². The summed E-state index contributed by atoms with van der Waals surface area (Å²) in [5.41, 5.74) is 8.68. The Balaban J connectivity index is 1.86. The van der Waals surface area contributed by atoms with Crippen molar-refractivity contribution in [2.24, 2.45) is 0 Å². The first-order valence-electron chi connectivity index (χ1n) is 8.94. The van der Waals surface area contributed by atoms with Crippen LogP contribution in [-0.2, 0) is 13.0 Å². The molecule has 0 atom stereocenters. The summed E-state index contributed by atoms with van der Waals surface area (Å²) in [4.78, 5) is 7.52. The molecule has 0 unspecified atom stereocenters. The molecular weight excluding hydrogens is 324 g/mol. The van der Waals surface area contributed by atoms with Crippen LogP contribution in [-0.4, -0.2) is 29.5 Å². The maximum absolute atomic E-state index is 5.01. The number of para-hydroxylation sites is 1. The van der Waals surface area contributed by atoms with Gasteiger partial charge in [0.15, 0.2) is 0 Å². The molecule has 1 aliphatic heterocycles. The Morgan fingerprint density at radius 1 is 1.12 bits per heavy atom. The molecule has 4 aromatic rings. The van der Waals surface area contributed by atoms with Crippen molar-refractivity contribution in [2.45, 2.75) is 33.2 Å². The molecule has 6 nitrogen and oxygen atoms in total. The summed E-state index contributed by atoms with van der Waals surface area (Å²) in [5.74, 6) is 0. The minimum Gasteiger partial charge on any atom is -0.351 e. The fourth-order valence-electron chi connectivity index (χ4n) is 3.83. The maximum Gasteiger partial charge on any atom is 0.117 e. The number of aromatic amines is 1. The quantitative estimate of drug-likeness (QED) is 0.603. The highest BCUT2D eigenvalue weighted by Crippen LogP contribution is 2.37. The lowest BCUT2D eigenvalue weighted by Crippen LogP contribution is -2.05. The predicted molar refractivity (Wildman–Crippen MR) is 100 cm³/mol. The Morgan fingerprint density at radius 2 is 2.00 bits per heavy atom. The topological polar surface area (TPSA) is 64.3 Å². The zero-order valence-corrected chi connectivity index (χ0v) is 14.9. The highest BCUT2D eigenvalue weighted by Gasteiger charge is 2.27. The molecule has 0 spiro atoms. The standard InChI is InChI=1S/C20H20N6/c1-13-6-3-4-8-17(13)26-20-15(19(24-26)16-11-21-12-22-16)7-5-9-25-18(20)10-14(2)23-25/h3-4,6,8,10-12H,5,7,9H2,1-2H3,(H,21,22). The van der Waals surface area contributed by atoms with Crippen molar-refractivity contribution in [3.05, 3.63) is 59.7 Å². The first-order chi connectivity index (χ1) is 12.7.